The topological polar surface area (TPSA) is 56.5 Å². The van der Waals surface area contributed by atoms with Crippen LogP contribution in [0.3, 0.4) is 0 Å². The lowest BCUT2D eigenvalue weighted by atomic mass is 10.1. The monoisotopic (exact) mass is 301 g/mol. The van der Waals surface area contributed by atoms with E-state index in [1.807, 2.05) is 24.3 Å². The first-order valence-electron chi connectivity index (χ1n) is 6.45. The Bertz CT molecular complexity index is 814. The van der Waals surface area contributed by atoms with Gasteiger partial charge in [-0.1, -0.05) is 23.7 Å². The van der Waals surface area contributed by atoms with E-state index in [9.17, 15) is 4.79 Å². The summed E-state index contributed by atoms with van der Waals surface area (Å²) < 4.78 is 6.50. The highest BCUT2D eigenvalue weighted by Crippen LogP contribution is 2.25. The molecule has 0 spiro atoms. The second-order valence-corrected chi connectivity index (χ2v) is 4.84. The molecule has 0 fully saturated rings. The van der Waals surface area contributed by atoms with Gasteiger partial charge in [0, 0.05) is 23.0 Å². The first kappa shape index (κ1) is 13.6. The van der Waals surface area contributed by atoms with Gasteiger partial charge in [0.15, 0.2) is 5.65 Å². The largest absolute Gasteiger partial charge is 0.462 e. The van der Waals surface area contributed by atoms with Crippen molar-refractivity contribution in [2.75, 3.05) is 6.61 Å². The lowest BCUT2D eigenvalue weighted by Crippen LogP contribution is -2.07. The molecule has 21 heavy (non-hydrogen) atoms. The number of esters is 1. The number of carbonyl (C=O) groups is 1. The first-order valence-corrected chi connectivity index (χ1v) is 6.83. The number of hydrogen-bond acceptors (Lipinski definition) is 4. The highest BCUT2D eigenvalue weighted by molar-refractivity contribution is 6.30. The van der Waals surface area contributed by atoms with Gasteiger partial charge in [-0.15, -0.1) is 0 Å². The highest BCUT2D eigenvalue weighted by atomic mass is 35.5. The summed E-state index contributed by atoms with van der Waals surface area (Å²) in [5, 5.41) is 4.88. The Morgan fingerprint density at radius 2 is 2.24 bits per heavy atom. The fraction of sp³-hybridized carbons (Fsp3) is 0.133. The molecule has 0 N–H and O–H groups in total. The summed E-state index contributed by atoms with van der Waals surface area (Å²) in [6, 6.07) is 7.46. The number of hydrogen-bond donors (Lipinski definition) is 0. The van der Waals surface area contributed by atoms with Crippen LogP contribution >= 0.6 is 11.6 Å². The molecule has 0 saturated carbocycles. The zero-order chi connectivity index (χ0) is 14.8. The van der Waals surface area contributed by atoms with Crippen molar-refractivity contribution in [2.24, 2.45) is 0 Å². The van der Waals surface area contributed by atoms with Crippen molar-refractivity contribution >= 4 is 23.2 Å². The Kier molecular flexibility index (Phi) is 3.58. The van der Waals surface area contributed by atoms with Gasteiger partial charge in [0.05, 0.1) is 18.4 Å². The zero-order valence-electron chi connectivity index (χ0n) is 11.3. The van der Waals surface area contributed by atoms with Gasteiger partial charge in [0.25, 0.3) is 0 Å². The molecule has 3 aromatic rings. The van der Waals surface area contributed by atoms with E-state index in [0.717, 1.165) is 11.1 Å². The summed E-state index contributed by atoms with van der Waals surface area (Å²) in [6.07, 6.45) is 4.79. The lowest BCUT2D eigenvalue weighted by molar-refractivity contribution is 0.0525. The predicted octanol–water partition coefficient (Wildman–Crippen LogP) is 3.23. The van der Waals surface area contributed by atoms with Crippen LogP contribution in [0.15, 0.2) is 42.9 Å². The summed E-state index contributed by atoms with van der Waals surface area (Å²) >= 11 is 6.01. The Balaban J connectivity index is 2.06. The molecular weight excluding hydrogens is 290 g/mol. The minimum Gasteiger partial charge on any atom is -0.462 e. The smallest absolute Gasteiger partial charge is 0.341 e. The van der Waals surface area contributed by atoms with Gasteiger partial charge in [-0.05, 0) is 24.6 Å². The van der Waals surface area contributed by atoms with Gasteiger partial charge in [-0.2, -0.15) is 5.10 Å². The van der Waals surface area contributed by atoms with E-state index in [1.165, 1.54) is 6.20 Å². The SMILES string of the molecule is CCOC(=O)c1cnc2c(-c3cccc(Cl)c3)cnn2c1. The van der Waals surface area contributed by atoms with Gasteiger partial charge in [0.1, 0.15) is 0 Å². The van der Waals surface area contributed by atoms with Crippen molar-refractivity contribution in [3.05, 3.63) is 53.4 Å². The number of carbonyl (C=O) groups excluding carboxylic acids is 1. The maximum Gasteiger partial charge on any atom is 0.341 e. The third kappa shape index (κ3) is 2.60. The molecule has 0 unspecified atom stereocenters. The van der Waals surface area contributed by atoms with Crippen molar-refractivity contribution in [1.29, 1.82) is 0 Å². The van der Waals surface area contributed by atoms with E-state index in [4.69, 9.17) is 16.3 Å². The minimum absolute atomic E-state index is 0.323. The first-order chi connectivity index (χ1) is 10.2. The van der Waals surface area contributed by atoms with E-state index < -0.39 is 5.97 Å². The van der Waals surface area contributed by atoms with E-state index in [-0.39, 0.29) is 0 Å². The van der Waals surface area contributed by atoms with Crippen molar-refractivity contribution in [3.8, 4) is 11.1 Å². The number of halogens is 1. The number of fused-ring (bicyclic) bond motifs is 1. The van der Waals surface area contributed by atoms with Crippen LogP contribution in [0, 0.1) is 0 Å². The molecule has 0 saturated heterocycles. The lowest BCUT2D eigenvalue weighted by Gasteiger charge is -2.03. The molecule has 0 aliphatic heterocycles. The standard InChI is InChI=1S/C15H12ClN3O2/c1-2-21-15(20)11-7-17-14-13(8-18-19(14)9-11)10-4-3-5-12(16)6-10/h3-9H,2H2,1H3. The molecule has 0 amide bonds. The van der Waals surface area contributed by atoms with Crippen LogP contribution in [0.4, 0.5) is 0 Å². The van der Waals surface area contributed by atoms with E-state index >= 15 is 0 Å². The molecule has 0 aliphatic carbocycles. The van der Waals surface area contributed by atoms with Crippen LogP contribution in [0.5, 0.6) is 0 Å². The van der Waals surface area contributed by atoms with E-state index in [0.29, 0.717) is 22.8 Å². The Morgan fingerprint density at radius 3 is 3.00 bits per heavy atom. The van der Waals surface area contributed by atoms with Crippen LogP contribution in [-0.2, 0) is 4.74 Å². The third-order valence-corrected chi connectivity index (χ3v) is 3.24. The van der Waals surface area contributed by atoms with Crippen LogP contribution < -0.4 is 0 Å². The Hall–Kier alpha value is -2.40. The van der Waals surface area contributed by atoms with Crippen LogP contribution in [0.2, 0.25) is 5.02 Å². The van der Waals surface area contributed by atoms with Crippen LogP contribution in [-0.4, -0.2) is 27.2 Å². The van der Waals surface area contributed by atoms with Crippen molar-refractivity contribution in [3.63, 3.8) is 0 Å². The molecule has 106 valence electrons. The fourth-order valence-corrected chi connectivity index (χ4v) is 2.24. The molecule has 0 bridgehead atoms. The van der Waals surface area contributed by atoms with Gasteiger partial charge >= 0.3 is 5.97 Å². The molecule has 2 aromatic heterocycles. The third-order valence-electron chi connectivity index (χ3n) is 3.00. The number of rotatable bonds is 3. The van der Waals surface area contributed by atoms with Crippen molar-refractivity contribution in [2.45, 2.75) is 6.92 Å². The van der Waals surface area contributed by atoms with Crippen molar-refractivity contribution in [1.82, 2.24) is 14.6 Å². The number of benzene rings is 1. The number of aromatic nitrogens is 3. The predicted molar refractivity (Wildman–Crippen MR) is 79.4 cm³/mol. The van der Waals surface area contributed by atoms with E-state index in [1.54, 1.807) is 23.8 Å². The molecule has 5 nitrogen and oxygen atoms in total. The second kappa shape index (κ2) is 5.54. The molecule has 2 heterocycles. The van der Waals surface area contributed by atoms with Crippen LogP contribution in [0.1, 0.15) is 17.3 Å². The molecule has 3 rings (SSSR count). The van der Waals surface area contributed by atoms with Crippen LogP contribution in [0.25, 0.3) is 16.8 Å². The number of ether oxygens (including phenoxy) is 1. The summed E-state index contributed by atoms with van der Waals surface area (Å²) in [4.78, 5) is 16.0. The quantitative estimate of drug-likeness (QED) is 0.697. The fourth-order valence-electron chi connectivity index (χ4n) is 2.05. The maximum atomic E-state index is 11.7. The van der Waals surface area contributed by atoms with Gasteiger partial charge in [-0.3, -0.25) is 0 Å². The molecule has 0 radical (unpaired) electrons. The summed E-state index contributed by atoms with van der Waals surface area (Å²) in [5.74, 6) is -0.410. The average Bonchev–Trinajstić information content (AvgIpc) is 2.90. The normalized spacial score (nSPS) is 10.8. The summed E-state index contributed by atoms with van der Waals surface area (Å²) in [7, 11) is 0. The van der Waals surface area contributed by atoms with Gasteiger partial charge < -0.3 is 4.74 Å². The molecule has 6 heteroatoms. The molecule has 0 atom stereocenters. The highest BCUT2D eigenvalue weighted by Gasteiger charge is 2.12. The minimum atomic E-state index is -0.410. The summed E-state index contributed by atoms with van der Waals surface area (Å²) in [6.45, 7) is 2.08. The number of nitrogens with zero attached hydrogens (tertiary/aromatic N) is 3. The van der Waals surface area contributed by atoms with Gasteiger partial charge in [0.2, 0.25) is 0 Å². The molecular formula is C15H12ClN3O2. The van der Waals surface area contributed by atoms with Crippen molar-refractivity contribution < 1.29 is 9.53 Å². The Morgan fingerprint density at radius 1 is 1.38 bits per heavy atom. The average molecular weight is 302 g/mol. The van der Waals surface area contributed by atoms with E-state index in [2.05, 4.69) is 10.1 Å². The molecule has 1 aromatic carbocycles. The maximum absolute atomic E-state index is 11.7. The van der Waals surface area contributed by atoms with Gasteiger partial charge in [-0.25, -0.2) is 14.3 Å². The second-order valence-electron chi connectivity index (χ2n) is 4.40. The molecule has 0 aliphatic rings. The summed E-state index contributed by atoms with van der Waals surface area (Å²) in [5.41, 5.74) is 2.80. The zero-order valence-corrected chi connectivity index (χ0v) is 12.0. The Labute approximate surface area is 126 Å².